The van der Waals surface area contributed by atoms with Crippen LogP contribution in [0.5, 0.6) is 0 Å². The highest BCUT2D eigenvalue weighted by atomic mass is 32.1. The van der Waals surface area contributed by atoms with Gasteiger partial charge in [0.15, 0.2) is 4.77 Å². The predicted molar refractivity (Wildman–Crippen MR) is 97.5 cm³/mol. The molecule has 0 aliphatic rings. The maximum atomic E-state index is 5.85. The summed E-state index contributed by atoms with van der Waals surface area (Å²) in [6.45, 7) is 4.03. The summed E-state index contributed by atoms with van der Waals surface area (Å²) in [4.78, 5) is 0. The third-order valence-electron chi connectivity index (χ3n) is 3.89. The minimum Gasteiger partial charge on any atom is -0.376 e. The lowest BCUT2D eigenvalue weighted by molar-refractivity contribution is 0.108. The third-order valence-corrected chi connectivity index (χ3v) is 4.20. The van der Waals surface area contributed by atoms with Crippen molar-refractivity contribution >= 4 is 12.2 Å². The summed E-state index contributed by atoms with van der Waals surface area (Å²) in [5.74, 6) is 1.09. The Morgan fingerprint density at radius 2 is 1.67 bits per heavy atom. The second-order valence-electron chi connectivity index (χ2n) is 5.86. The van der Waals surface area contributed by atoms with E-state index in [9.17, 15) is 0 Å². The molecule has 1 aromatic heterocycles. The standard InChI is InChI=1S/C19H21N3OS/c1-15(13-23-14-17-10-6-3-7-11-17)18-20-21-19(24)22(18)12-16-8-4-2-5-9-16/h2-11,15H,12-14H2,1H3,(H,21,24). The average molecular weight is 339 g/mol. The molecule has 0 saturated heterocycles. The van der Waals surface area contributed by atoms with E-state index in [1.54, 1.807) is 0 Å². The zero-order valence-corrected chi connectivity index (χ0v) is 14.5. The number of H-pyrrole nitrogens is 1. The summed E-state index contributed by atoms with van der Waals surface area (Å²) in [6.07, 6.45) is 0. The first-order chi connectivity index (χ1) is 11.7. The molecule has 0 amide bonds. The van der Waals surface area contributed by atoms with E-state index in [1.165, 1.54) is 11.1 Å². The fourth-order valence-electron chi connectivity index (χ4n) is 2.63. The number of ether oxygens (including phenoxy) is 1. The van der Waals surface area contributed by atoms with Crippen molar-refractivity contribution in [3.8, 4) is 0 Å². The van der Waals surface area contributed by atoms with Crippen LogP contribution in [-0.4, -0.2) is 21.4 Å². The average Bonchev–Trinajstić information content (AvgIpc) is 2.97. The minimum atomic E-state index is 0.158. The molecule has 0 saturated carbocycles. The van der Waals surface area contributed by atoms with Gasteiger partial charge in [0.1, 0.15) is 5.82 Å². The number of hydrogen-bond acceptors (Lipinski definition) is 3. The van der Waals surface area contributed by atoms with Gasteiger partial charge in [-0.3, -0.25) is 9.67 Å². The number of rotatable bonds is 7. The number of aromatic amines is 1. The molecule has 1 atom stereocenters. The normalized spacial score (nSPS) is 12.2. The van der Waals surface area contributed by atoms with Gasteiger partial charge in [-0.2, -0.15) is 5.10 Å². The van der Waals surface area contributed by atoms with Crippen LogP contribution in [0.2, 0.25) is 0 Å². The summed E-state index contributed by atoms with van der Waals surface area (Å²) < 4.78 is 8.53. The Morgan fingerprint density at radius 3 is 2.33 bits per heavy atom. The first kappa shape index (κ1) is 16.6. The Bertz CT molecular complexity index is 811. The van der Waals surface area contributed by atoms with E-state index in [0.717, 1.165) is 5.82 Å². The fourth-order valence-corrected chi connectivity index (χ4v) is 2.83. The van der Waals surface area contributed by atoms with E-state index in [2.05, 4.69) is 41.4 Å². The Morgan fingerprint density at radius 1 is 1.04 bits per heavy atom. The predicted octanol–water partition coefficient (Wildman–Crippen LogP) is 4.31. The first-order valence-electron chi connectivity index (χ1n) is 8.04. The molecule has 1 N–H and O–H groups in total. The van der Waals surface area contributed by atoms with E-state index in [-0.39, 0.29) is 5.92 Å². The highest BCUT2D eigenvalue weighted by Crippen LogP contribution is 2.16. The summed E-state index contributed by atoms with van der Waals surface area (Å²) in [7, 11) is 0. The second-order valence-corrected chi connectivity index (χ2v) is 6.25. The Labute approximate surface area is 147 Å². The van der Waals surface area contributed by atoms with Crippen LogP contribution in [0, 0.1) is 4.77 Å². The van der Waals surface area contributed by atoms with Crippen LogP contribution in [-0.2, 0) is 17.9 Å². The van der Waals surface area contributed by atoms with Gasteiger partial charge in [0.05, 0.1) is 19.8 Å². The van der Waals surface area contributed by atoms with Crippen molar-refractivity contribution in [1.29, 1.82) is 0 Å². The molecule has 0 fully saturated rings. The van der Waals surface area contributed by atoms with E-state index in [4.69, 9.17) is 17.0 Å². The van der Waals surface area contributed by atoms with Crippen LogP contribution in [0.1, 0.15) is 29.8 Å². The lowest BCUT2D eigenvalue weighted by Crippen LogP contribution is -2.13. The van der Waals surface area contributed by atoms with Crippen molar-refractivity contribution in [3.63, 3.8) is 0 Å². The maximum Gasteiger partial charge on any atom is 0.195 e. The van der Waals surface area contributed by atoms with Gasteiger partial charge in [0.25, 0.3) is 0 Å². The lowest BCUT2D eigenvalue weighted by atomic mass is 10.1. The second kappa shape index (κ2) is 8.04. The molecule has 1 heterocycles. The molecule has 1 unspecified atom stereocenters. The van der Waals surface area contributed by atoms with Gasteiger partial charge in [-0.15, -0.1) is 0 Å². The fraction of sp³-hybridized carbons (Fsp3) is 0.263. The van der Waals surface area contributed by atoms with Gasteiger partial charge < -0.3 is 4.74 Å². The van der Waals surface area contributed by atoms with Crippen molar-refractivity contribution in [2.75, 3.05) is 6.61 Å². The van der Waals surface area contributed by atoms with E-state index in [1.807, 2.05) is 41.0 Å². The molecule has 0 radical (unpaired) electrons. The van der Waals surface area contributed by atoms with Gasteiger partial charge in [0, 0.05) is 5.92 Å². The molecule has 0 aliphatic heterocycles. The van der Waals surface area contributed by atoms with Gasteiger partial charge in [-0.25, -0.2) is 0 Å². The molecule has 3 aromatic rings. The maximum absolute atomic E-state index is 5.85. The molecule has 5 heteroatoms. The monoisotopic (exact) mass is 339 g/mol. The highest BCUT2D eigenvalue weighted by Gasteiger charge is 2.15. The zero-order valence-electron chi connectivity index (χ0n) is 13.7. The third kappa shape index (κ3) is 4.19. The number of nitrogens with zero attached hydrogens (tertiary/aromatic N) is 2. The van der Waals surface area contributed by atoms with Crippen molar-refractivity contribution in [3.05, 3.63) is 82.4 Å². The van der Waals surface area contributed by atoms with E-state index in [0.29, 0.717) is 24.5 Å². The molecule has 2 aromatic carbocycles. The molecule has 0 aliphatic carbocycles. The largest absolute Gasteiger partial charge is 0.376 e. The Hall–Kier alpha value is -2.24. The number of benzene rings is 2. The topological polar surface area (TPSA) is 42.8 Å². The highest BCUT2D eigenvalue weighted by molar-refractivity contribution is 7.71. The van der Waals surface area contributed by atoms with Crippen LogP contribution in [0.4, 0.5) is 0 Å². The molecule has 124 valence electrons. The van der Waals surface area contributed by atoms with Crippen molar-refractivity contribution in [1.82, 2.24) is 14.8 Å². The zero-order chi connectivity index (χ0) is 16.8. The first-order valence-corrected chi connectivity index (χ1v) is 8.45. The molecular weight excluding hydrogens is 318 g/mol. The Kier molecular flexibility index (Phi) is 5.56. The van der Waals surface area contributed by atoms with Crippen LogP contribution >= 0.6 is 12.2 Å². The summed E-state index contributed by atoms with van der Waals surface area (Å²) in [5.41, 5.74) is 2.38. The van der Waals surface area contributed by atoms with Crippen LogP contribution in [0.3, 0.4) is 0 Å². The van der Waals surface area contributed by atoms with Crippen molar-refractivity contribution in [2.24, 2.45) is 0 Å². The van der Waals surface area contributed by atoms with E-state index < -0.39 is 0 Å². The minimum absolute atomic E-state index is 0.158. The van der Waals surface area contributed by atoms with E-state index >= 15 is 0 Å². The van der Waals surface area contributed by atoms with Gasteiger partial charge >= 0.3 is 0 Å². The van der Waals surface area contributed by atoms with Crippen molar-refractivity contribution < 1.29 is 4.74 Å². The Balaban J connectivity index is 1.65. The quantitative estimate of drug-likeness (QED) is 0.652. The summed E-state index contributed by atoms with van der Waals surface area (Å²) in [6, 6.07) is 20.4. The van der Waals surface area contributed by atoms with Gasteiger partial charge in [-0.1, -0.05) is 67.6 Å². The smallest absolute Gasteiger partial charge is 0.195 e. The molecular formula is C19H21N3OS. The number of aromatic nitrogens is 3. The molecule has 3 rings (SSSR count). The van der Waals surface area contributed by atoms with Gasteiger partial charge in [-0.05, 0) is 23.3 Å². The van der Waals surface area contributed by atoms with Crippen molar-refractivity contribution in [2.45, 2.75) is 26.0 Å². The summed E-state index contributed by atoms with van der Waals surface area (Å²) in [5, 5.41) is 7.31. The number of hydrogen-bond donors (Lipinski definition) is 1. The number of nitrogens with one attached hydrogen (secondary N) is 1. The van der Waals surface area contributed by atoms with Gasteiger partial charge in [0.2, 0.25) is 0 Å². The summed E-state index contributed by atoms with van der Waals surface area (Å²) >= 11 is 5.38. The SMILES string of the molecule is CC(COCc1ccccc1)c1n[nH]c(=S)n1Cc1ccccc1. The molecule has 24 heavy (non-hydrogen) atoms. The molecule has 0 bridgehead atoms. The molecule has 4 nitrogen and oxygen atoms in total. The van der Waals surface area contributed by atoms with Crippen LogP contribution in [0.25, 0.3) is 0 Å². The van der Waals surface area contributed by atoms with Crippen LogP contribution < -0.4 is 0 Å². The lowest BCUT2D eigenvalue weighted by Gasteiger charge is -2.14. The van der Waals surface area contributed by atoms with Crippen LogP contribution in [0.15, 0.2) is 60.7 Å². The molecule has 0 spiro atoms.